The summed E-state index contributed by atoms with van der Waals surface area (Å²) in [5.41, 5.74) is 6.12. The van der Waals surface area contributed by atoms with E-state index in [0.717, 1.165) is 12.3 Å². The molecule has 0 aromatic rings. The Morgan fingerprint density at radius 2 is 1.85 bits per heavy atom. The fourth-order valence-corrected chi connectivity index (χ4v) is 2.15. The van der Waals surface area contributed by atoms with Crippen molar-refractivity contribution in [2.75, 3.05) is 0 Å². The highest BCUT2D eigenvalue weighted by Crippen LogP contribution is 2.25. The van der Waals surface area contributed by atoms with Gasteiger partial charge in [0, 0.05) is 6.04 Å². The lowest BCUT2D eigenvalue weighted by atomic mass is 9.92. The topological polar surface area (TPSA) is 26.0 Å². The molecule has 0 bridgehead atoms. The van der Waals surface area contributed by atoms with Crippen molar-refractivity contribution >= 4 is 0 Å². The lowest BCUT2D eigenvalue weighted by molar-refractivity contribution is 0.417. The maximum atomic E-state index is 6.12. The highest BCUT2D eigenvalue weighted by atomic mass is 14.6. The molecule has 1 aliphatic carbocycles. The van der Waals surface area contributed by atoms with Crippen LogP contribution in [0.15, 0.2) is 12.2 Å². The minimum absolute atomic E-state index is 0.318. The van der Waals surface area contributed by atoms with Gasteiger partial charge in [0.15, 0.2) is 0 Å². The molecule has 1 heteroatoms. The molecule has 0 radical (unpaired) electrons. The van der Waals surface area contributed by atoms with E-state index in [1.165, 1.54) is 38.5 Å². The van der Waals surface area contributed by atoms with Gasteiger partial charge in [-0.3, -0.25) is 0 Å². The van der Waals surface area contributed by atoms with E-state index in [0.29, 0.717) is 6.04 Å². The Kier molecular flexibility index (Phi) is 5.14. The van der Waals surface area contributed by atoms with Gasteiger partial charge in [0.25, 0.3) is 0 Å². The normalized spacial score (nSPS) is 23.2. The van der Waals surface area contributed by atoms with Crippen LogP contribution in [0.2, 0.25) is 0 Å². The van der Waals surface area contributed by atoms with Crippen molar-refractivity contribution in [2.45, 2.75) is 57.9 Å². The van der Waals surface area contributed by atoms with E-state index in [1.54, 1.807) is 0 Å². The second-order valence-corrected chi connectivity index (χ2v) is 4.17. The zero-order valence-electron chi connectivity index (χ0n) is 8.84. The van der Waals surface area contributed by atoms with Crippen molar-refractivity contribution < 1.29 is 0 Å². The highest BCUT2D eigenvalue weighted by molar-refractivity contribution is 4.94. The number of hydrogen-bond donors (Lipinski definition) is 1. The third-order valence-corrected chi connectivity index (χ3v) is 3.04. The Labute approximate surface area is 82.4 Å². The number of rotatable bonds is 3. The summed E-state index contributed by atoms with van der Waals surface area (Å²) >= 11 is 0. The second-order valence-electron chi connectivity index (χ2n) is 4.17. The molecule has 76 valence electrons. The summed E-state index contributed by atoms with van der Waals surface area (Å²) in [6.45, 7) is 2.16. The molecule has 1 rings (SSSR count). The van der Waals surface area contributed by atoms with E-state index in [4.69, 9.17) is 5.73 Å². The van der Waals surface area contributed by atoms with Crippen molar-refractivity contribution in [1.82, 2.24) is 0 Å². The van der Waals surface area contributed by atoms with Gasteiger partial charge in [-0.2, -0.15) is 0 Å². The molecule has 0 heterocycles. The van der Waals surface area contributed by atoms with Crippen LogP contribution < -0.4 is 5.73 Å². The maximum absolute atomic E-state index is 6.12. The van der Waals surface area contributed by atoms with Gasteiger partial charge in [0.05, 0.1) is 0 Å². The van der Waals surface area contributed by atoms with Gasteiger partial charge in [-0.15, -0.1) is 0 Å². The summed E-state index contributed by atoms with van der Waals surface area (Å²) < 4.78 is 0. The number of allylic oxidation sites excluding steroid dienone is 1. The summed E-state index contributed by atoms with van der Waals surface area (Å²) in [5, 5.41) is 0. The van der Waals surface area contributed by atoms with Crippen LogP contribution in [0.5, 0.6) is 0 Å². The third kappa shape index (κ3) is 3.95. The lowest BCUT2D eigenvalue weighted by Crippen LogP contribution is -2.27. The Bertz CT molecular complexity index is 143. The molecule has 0 aromatic carbocycles. The summed E-state index contributed by atoms with van der Waals surface area (Å²) in [4.78, 5) is 0. The molecule has 0 aromatic heterocycles. The average Bonchev–Trinajstić information content (AvgIpc) is 2.42. The monoisotopic (exact) mass is 181 g/mol. The summed E-state index contributed by atoms with van der Waals surface area (Å²) in [7, 11) is 0. The van der Waals surface area contributed by atoms with Gasteiger partial charge in [-0.1, -0.05) is 44.8 Å². The minimum Gasteiger partial charge on any atom is -0.324 e. The molecule has 0 saturated heterocycles. The van der Waals surface area contributed by atoms with Crippen LogP contribution in [-0.2, 0) is 0 Å². The Morgan fingerprint density at radius 3 is 2.38 bits per heavy atom. The van der Waals surface area contributed by atoms with Gasteiger partial charge in [-0.05, 0) is 25.2 Å². The first kappa shape index (κ1) is 10.8. The molecule has 1 atom stereocenters. The first-order valence-corrected chi connectivity index (χ1v) is 5.77. The van der Waals surface area contributed by atoms with Gasteiger partial charge in [0.2, 0.25) is 0 Å². The zero-order valence-corrected chi connectivity index (χ0v) is 8.84. The molecule has 1 unspecified atom stereocenters. The molecule has 2 N–H and O–H groups in total. The number of nitrogens with two attached hydrogens (primary N) is 1. The van der Waals surface area contributed by atoms with Crippen LogP contribution in [0, 0.1) is 5.92 Å². The Hall–Kier alpha value is -0.300. The van der Waals surface area contributed by atoms with E-state index in [2.05, 4.69) is 19.1 Å². The quantitative estimate of drug-likeness (QED) is 0.525. The molecule has 0 spiro atoms. The third-order valence-electron chi connectivity index (χ3n) is 3.04. The smallest absolute Gasteiger partial charge is 0.0252 e. The van der Waals surface area contributed by atoms with Crippen molar-refractivity contribution in [3.8, 4) is 0 Å². The lowest BCUT2D eigenvalue weighted by Gasteiger charge is -2.18. The van der Waals surface area contributed by atoms with Crippen molar-refractivity contribution in [1.29, 1.82) is 0 Å². The van der Waals surface area contributed by atoms with Gasteiger partial charge in [-0.25, -0.2) is 0 Å². The average molecular weight is 181 g/mol. The van der Waals surface area contributed by atoms with Crippen LogP contribution in [0.3, 0.4) is 0 Å². The van der Waals surface area contributed by atoms with Crippen LogP contribution in [0.4, 0.5) is 0 Å². The molecular formula is C12H23N. The molecule has 13 heavy (non-hydrogen) atoms. The fourth-order valence-electron chi connectivity index (χ4n) is 2.15. The zero-order chi connectivity index (χ0) is 9.52. The molecule has 1 nitrogen and oxygen atoms in total. The van der Waals surface area contributed by atoms with E-state index >= 15 is 0 Å². The van der Waals surface area contributed by atoms with Crippen molar-refractivity contribution in [3.05, 3.63) is 12.2 Å². The minimum atomic E-state index is 0.318. The van der Waals surface area contributed by atoms with E-state index < -0.39 is 0 Å². The second kappa shape index (κ2) is 6.20. The Balaban J connectivity index is 2.34. The van der Waals surface area contributed by atoms with E-state index in [9.17, 15) is 0 Å². The summed E-state index contributed by atoms with van der Waals surface area (Å²) in [6.07, 6.45) is 13.8. The number of hydrogen-bond acceptors (Lipinski definition) is 1. The van der Waals surface area contributed by atoms with Crippen molar-refractivity contribution in [2.24, 2.45) is 11.7 Å². The predicted molar refractivity (Wildman–Crippen MR) is 58.6 cm³/mol. The van der Waals surface area contributed by atoms with Crippen LogP contribution >= 0.6 is 0 Å². The highest BCUT2D eigenvalue weighted by Gasteiger charge is 2.16. The SMILES string of the molecule is CCC=CC(N)C1CCCCCC1. The summed E-state index contributed by atoms with van der Waals surface area (Å²) in [5.74, 6) is 0.755. The predicted octanol–water partition coefficient (Wildman–Crippen LogP) is 3.25. The van der Waals surface area contributed by atoms with Gasteiger partial charge < -0.3 is 5.73 Å². The summed E-state index contributed by atoms with van der Waals surface area (Å²) in [6, 6.07) is 0.318. The standard InChI is InChI=1S/C12H23N/c1-2-3-10-12(13)11-8-6-4-5-7-9-11/h3,10-12H,2,4-9,13H2,1H3. The van der Waals surface area contributed by atoms with E-state index in [1.807, 2.05) is 0 Å². The van der Waals surface area contributed by atoms with Crippen LogP contribution in [-0.4, -0.2) is 6.04 Å². The van der Waals surface area contributed by atoms with Crippen LogP contribution in [0.25, 0.3) is 0 Å². The molecule has 1 fully saturated rings. The molecule has 0 aliphatic heterocycles. The molecule has 1 aliphatic rings. The van der Waals surface area contributed by atoms with Gasteiger partial charge in [0.1, 0.15) is 0 Å². The molecule has 1 saturated carbocycles. The van der Waals surface area contributed by atoms with Gasteiger partial charge >= 0.3 is 0 Å². The van der Waals surface area contributed by atoms with Crippen molar-refractivity contribution in [3.63, 3.8) is 0 Å². The molecular weight excluding hydrogens is 158 g/mol. The fraction of sp³-hybridized carbons (Fsp3) is 0.833. The van der Waals surface area contributed by atoms with E-state index in [-0.39, 0.29) is 0 Å². The first-order valence-electron chi connectivity index (χ1n) is 5.77. The first-order chi connectivity index (χ1) is 6.34. The maximum Gasteiger partial charge on any atom is 0.0252 e. The van der Waals surface area contributed by atoms with Crippen LogP contribution in [0.1, 0.15) is 51.9 Å². The largest absolute Gasteiger partial charge is 0.324 e. The Morgan fingerprint density at radius 1 is 1.23 bits per heavy atom. The molecule has 0 amide bonds.